The monoisotopic (exact) mass is 269 g/mol. The van der Waals surface area contributed by atoms with Gasteiger partial charge in [0.05, 0.1) is 0 Å². The van der Waals surface area contributed by atoms with Crippen LogP contribution in [0.1, 0.15) is 11.1 Å². The number of carbonyl (C=O) groups is 2. The Morgan fingerprint density at radius 1 is 0.900 bits per heavy atom. The van der Waals surface area contributed by atoms with Crippen molar-refractivity contribution < 1.29 is 14.7 Å². The number of phenolic OH excluding ortho intramolecular Hbond substituents is 1. The molecule has 4 nitrogen and oxygen atoms in total. The first-order chi connectivity index (χ1) is 9.65. The average molecular weight is 269 g/mol. The van der Waals surface area contributed by atoms with E-state index >= 15 is 0 Å². The SMILES string of the molecule is O=C(Cc1ccc(O)cc1)C(=O)NCc1ccccc1. The van der Waals surface area contributed by atoms with Gasteiger partial charge < -0.3 is 10.4 Å². The molecule has 0 bridgehead atoms. The van der Waals surface area contributed by atoms with E-state index in [9.17, 15) is 9.59 Å². The molecule has 102 valence electrons. The first-order valence-corrected chi connectivity index (χ1v) is 6.28. The van der Waals surface area contributed by atoms with Crippen molar-refractivity contribution in [2.75, 3.05) is 0 Å². The van der Waals surface area contributed by atoms with Crippen LogP contribution in [0.15, 0.2) is 54.6 Å². The van der Waals surface area contributed by atoms with Crippen molar-refractivity contribution in [1.29, 1.82) is 0 Å². The molecule has 0 saturated carbocycles. The highest BCUT2D eigenvalue weighted by molar-refractivity contribution is 6.36. The van der Waals surface area contributed by atoms with Crippen LogP contribution in [0.25, 0.3) is 0 Å². The van der Waals surface area contributed by atoms with E-state index in [4.69, 9.17) is 5.11 Å². The van der Waals surface area contributed by atoms with Gasteiger partial charge in [-0.25, -0.2) is 0 Å². The molecule has 2 aromatic carbocycles. The number of Topliss-reactive ketones (excluding diaryl/α,β-unsaturated/α-hetero) is 1. The molecule has 1 amide bonds. The lowest BCUT2D eigenvalue weighted by Crippen LogP contribution is -2.31. The molecule has 2 rings (SSSR count). The zero-order chi connectivity index (χ0) is 14.4. The highest BCUT2D eigenvalue weighted by Gasteiger charge is 2.13. The van der Waals surface area contributed by atoms with Crippen LogP contribution in [-0.2, 0) is 22.6 Å². The summed E-state index contributed by atoms with van der Waals surface area (Å²) >= 11 is 0. The maximum atomic E-state index is 11.7. The Hall–Kier alpha value is -2.62. The standard InChI is InChI=1S/C16H15NO3/c18-14-8-6-12(7-9-14)10-15(19)16(20)17-11-13-4-2-1-3-5-13/h1-9,18H,10-11H2,(H,17,20). The van der Waals surface area contributed by atoms with Gasteiger partial charge in [0.2, 0.25) is 5.78 Å². The third-order valence-corrected chi connectivity index (χ3v) is 2.85. The molecule has 0 aliphatic rings. The number of amides is 1. The number of benzene rings is 2. The average Bonchev–Trinajstić information content (AvgIpc) is 2.48. The van der Waals surface area contributed by atoms with Gasteiger partial charge >= 0.3 is 0 Å². The highest BCUT2D eigenvalue weighted by atomic mass is 16.3. The largest absolute Gasteiger partial charge is 0.508 e. The number of carbonyl (C=O) groups excluding carboxylic acids is 2. The van der Waals surface area contributed by atoms with Crippen LogP contribution in [0.4, 0.5) is 0 Å². The third kappa shape index (κ3) is 3.95. The first-order valence-electron chi connectivity index (χ1n) is 6.28. The summed E-state index contributed by atoms with van der Waals surface area (Å²) in [4.78, 5) is 23.4. The number of rotatable bonds is 5. The minimum atomic E-state index is -0.595. The Balaban J connectivity index is 1.86. The molecule has 0 heterocycles. The summed E-state index contributed by atoms with van der Waals surface area (Å²) in [6.45, 7) is 0.334. The maximum Gasteiger partial charge on any atom is 0.287 e. The molecule has 0 aliphatic carbocycles. The van der Waals surface area contributed by atoms with E-state index in [0.717, 1.165) is 5.56 Å². The zero-order valence-electron chi connectivity index (χ0n) is 10.9. The van der Waals surface area contributed by atoms with E-state index in [1.165, 1.54) is 12.1 Å². The number of ketones is 1. The second kappa shape index (κ2) is 6.52. The Kier molecular flexibility index (Phi) is 4.50. The van der Waals surface area contributed by atoms with Gasteiger partial charge in [0.15, 0.2) is 0 Å². The molecule has 0 spiro atoms. The van der Waals surface area contributed by atoms with Gasteiger partial charge in [0.1, 0.15) is 5.75 Å². The number of hydrogen-bond donors (Lipinski definition) is 2. The second-order valence-electron chi connectivity index (χ2n) is 4.43. The van der Waals surface area contributed by atoms with Crippen LogP contribution in [-0.4, -0.2) is 16.8 Å². The Bertz CT molecular complexity index is 591. The maximum absolute atomic E-state index is 11.7. The van der Waals surface area contributed by atoms with Crippen molar-refractivity contribution in [3.05, 3.63) is 65.7 Å². The van der Waals surface area contributed by atoms with Gasteiger partial charge in [-0.3, -0.25) is 9.59 Å². The van der Waals surface area contributed by atoms with Crippen molar-refractivity contribution in [3.8, 4) is 5.75 Å². The molecule has 0 radical (unpaired) electrons. The summed E-state index contributed by atoms with van der Waals surface area (Å²) in [5, 5.41) is 11.7. The van der Waals surface area contributed by atoms with Gasteiger partial charge in [0.25, 0.3) is 5.91 Å². The smallest absolute Gasteiger partial charge is 0.287 e. The lowest BCUT2D eigenvalue weighted by Gasteiger charge is -2.05. The fourth-order valence-electron chi connectivity index (χ4n) is 1.76. The van der Waals surface area contributed by atoms with Crippen molar-refractivity contribution >= 4 is 11.7 Å². The van der Waals surface area contributed by atoms with Crippen LogP contribution >= 0.6 is 0 Å². The van der Waals surface area contributed by atoms with Crippen LogP contribution < -0.4 is 5.32 Å². The van der Waals surface area contributed by atoms with E-state index in [0.29, 0.717) is 12.1 Å². The van der Waals surface area contributed by atoms with Crippen molar-refractivity contribution in [1.82, 2.24) is 5.32 Å². The fourth-order valence-corrected chi connectivity index (χ4v) is 1.76. The van der Waals surface area contributed by atoms with Gasteiger partial charge in [0, 0.05) is 13.0 Å². The number of phenols is 1. The highest BCUT2D eigenvalue weighted by Crippen LogP contribution is 2.10. The summed E-state index contributed by atoms with van der Waals surface area (Å²) < 4.78 is 0. The summed E-state index contributed by atoms with van der Waals surface area (Å²) in [6.07, 6.45) is 0.0287. The predicted octanol–water partition coefficient (Wildman–Crippen LogP) is 1.82. The Labute approximate surface area is 117 Å². The predicted molar refractivity (Wildman–Crippen MR) is 75.1 cm³/mol. The first kappa shape index (κ1) is 13.8. The zero-order valence-corrected chi connectivity index (χ0v) is 10.9. The van der Waals surface area contributed by atoms with Gasteiger partial charge in [-0.05, 0) is 23.3 Å². The van der Waals surface area contributed by atoms with Gasteiger partial charge in [-0.15, -0.1) is 0 Å². The number of nitrogens with one attached hydrogen (secondary N) is 1. The molecule has 2 aromatic rings. The minimum Gasteiger partial charge on any atom is -0.508 e. The van der Waals surface area contributed by atoms with Crippen molar-refractivity contribution in [2.24, 2.45) is 0 Å². The van der Waals surface area contributed by atoms with E-state index in [1.54, 1.807) is 12.1 Å². The summed E-state index contributed by atoms with van der Waals surface area (Å²) in [7, 11) is 0. The molecular weight excluding hydrogens is 254 g/mol. The Morgan fingerprint density at radius 3 is 2.20 bits per heavy atom. The normalized spacial score (nSPS) is 10.0. The molecule has 0 atom stereocenters. The van der Waals surface area contributed by atoms with Gasteiger partial charge in [-0.1, -0.05) is 42.5 Å². The Morgan fingerprint density at radius 2 is 1.55 bits per heavy atom. The van der Waals surface area contributed by atoms with E-state index in [1.807, 2.05) is 30.3 Å². The topological polar surface area (TPSA) is 66.4 Å². The molecule has 0 unspecified atom stereocenters. The third-order valence-electron chi connectivity index (χ3n) is 2.85. The van der Waals surface area contributed by atoms with Crippen molar-refractivity contribution in [2.45, 2.75) is 13.0 Å². The lowest BCUT2D eigenvalue weighted by atomic mass is 10.1. The number of aromatic hydroxyl groups is 1. The molecule has 0 aromatic heterocycles. The van der Waals surface area contributed by atoms with Crippen LogP contribution in [0.2, 0.25) is 0 Å². The van der Waals surface area contributed by atoms with Crippen LogP contribution in [0, 0.1) is 0 Å². The van der Waals surface area contributed by atoms with E-state index < -0.39 is 11.7 Å². The molecule has 20 heavy (non-hydrogen) atoms. The molecule has 0 fully saturated rings. The van der Waals surface area contributed by atoms with Crippen LogP contribution in [0.3, 0.4) is 0 Å². The van der Waals surface area contributed by atoms with E-state index in [-0.39, 0.29) is 12.2 Å². The van der Waals surface area contributed by atoms with Crippen molar-refractivity contribution in [3.63, 3.8) is 0 Å². The molecule has 0 aliphatic heterocycles. The molecule has 4 heteroatoms. The second-order valence-corrected chi connectivity index (χ2v) is 4.43. The molecule has 2 N–H and O–H groups in total. The molecular formula is C16H15NO3. The van der Waals surface area contributed by atoms with E-state index in [2.05, 4.69) is 5.32 Å². The van der Waals surface area contributed by atoms with Gasteiger partial charge in [-0.2, -0.15) is 0 Å². The summed E-state index contributed by atoms with van der Waals surface area (Å²) in [5.41, 5.74) is 1.64. The molecule has 0 saturated heterocycles. The number of hydrogen-bond acceptors (Lipinski definition) is 3. The summed E-state index contributed by atoms with van der Waals surface area (Å²) in [6, 6.07) is 15.6. The lowest BCUT2D eigenvalue weighted by molar-refractivity contribution is -0.137. The minimum absolute atomic E-state index is 0.0287. The summed E-state index contributed by atoms with van der Waals surface area (Å²) in [5.74, 6) is -0.955. The fraction of sp³-hybridized carbons (Fsp3) is 0.125. The quantitative estimate of drug-likeness (QED) is 0.814. The van der Waals surface area contributed by atoms with Crippen LogP contribution in [0.5, 0.6) is 5.75 Å².